The van der Waals surface area contributed by atoms with Crippen LogP contribution in [0.4, 0.5) is 0 Å². The van der Waals surface area contributed by atoms with E-state index in [1.807, 2.05) is 13.8 Å². The van der Waals surface area contributed by atoms with Gasteiger partial charge in [-0.05, 0) is 59.8 Å². The SMILES string of the molecule is CCCNC(C)(CN(C)CCN1CCCC1)C(=O)OCC. The van der Waals surface area contributed by atoms with Gasteiger partial charge in [0.05, 0.1) is 6.61 Å². The van der Waals surface area contributed by atoms with Crippen LogP contribution in [0.2, 0.25) is 0 Å². The summed E-state index contributed by atoms with van der Waals surface area (Å²) in [5.74, 6) is -0.147. The van der Waals surface area contributed by atoms with E-state index in [2.05, 4.69) is 29.1 Å². The highest BCUT2D eigenvalue weighted by molar-refractivity contribution is 5.80. The second-order valence-electron chi connectivity index (χ2n) is 6.27. The second kappa shape index (κ2) is 9.38. The van der Waals surface area contributed by atoms with Crippen molar-refractivity contribution in [3.8, 4) is 0 Å². The number of hydrogen-bond donors (Lipinski definition) is 1. The zero-order chi connectivity index (χ0) is 15.7. The standard InChI is InChI=1S/C16H33N3O2/c1-5-9-17-16(3,15(20)21-6-2)14-18(4)12-13-19-10-7-8-11-19/h17H,5-14H2,1-4H3. The van der Waals surface area contributed by atoms with Crippen LogP contribution < -0.4 is 5.32 Å². The van der Waals surface area contributed by atoms with E-state index >= 15 is 0 Å². The first-order chi connectivity index (χ1) is 10.0. The molecule has 1 fully saturated rings. The third kappa shape index (κ3) is 6.32. The Hall–Kier alpha value is -0.650. The fourth-order valence-electron chi connectivity index (χ4n) is 2.82. The Balaban J connectivity index is 2.46. The molecule has 0 spiro atoms. The topological polar surface area (TPSA) is 44.8 Å². The molecule has 5 nitrogen and oxygen atoms in total. The van der Waals surface area contributed by atoms with Crippen molar-refractivity contribution < 1.29 is 9.53 Å². The van der Waals surface area contributed by atoms with E-state index in [4.69, 9.17) is 4.74 Å². The highest BCUT2D eigenvalue weighted by atomic mass is 16.5. The molecule has 0 bridgehead atoms. The zero-order valence-electron chi connectivity index (χ0n) is 14.3. The van der Waals surface area contributed by atoms with E-state index in [0.29, 0.717) is 13.2 Å². The normalized spacial score (nSPS) is 18.9. The van der Waals surface area contributed by atoms with Gasteiger partial charge >= 0.3 is 5.97 Å². The highest BCUT2D eigenvalue weighted by Gasteiger charge is 2.35. The summed E-state index contributed by atoms with van der Waals surface area (Å²) in [5.41, 5.74) is -0.619. The maximum Gasteiger partial charge on any atom is 0.327 e. The molecule has 0 aromatic carbocycles. The number of nitrogens with zero attached hydrogens (tertiary/aromatic N) is 2. The third-order valence-electron chi connectivity index (χ3n) is 4.07. The molecule has 1 heterocycles. The molecule has 0 aromatic heterocycles. The van der Waals surface area contributed by atoms with E-state index in [1.54, 1.807) is 0 Å². The lowest BCUT2D eigenvalue weighted by Gasteiger charge is -2.33. The van der Waals surface area contributed by atoms with Crippen LogP contribution in [0.25, 0.3) is 0 Å². The fourth-order valence-corrected chi connectivity index (χ4v) is 2.82. The molecule has 21 heavy (non-hydrogen) atoms. The van der Waals surface area contributed by atoms with Crippen molar-refractivity contribution in [1.29, 1.82) is 0 Å². The quantitative estimate of drug-likeness (QED) is 0.617. The van der Waals surface area contributed by atoms with Gasteiger partial charge in [0.2, 0.25) is 0 Å². The molecule has 1 atom stereocenters. The van der Waals surface area contributed by atoms with Crippen LogP contribution in [0.15, 0.2) is 0 Å². The van der Waals surface area contributed by atoms with Gasteiger partial charge in [-0.25, -0.2) is 0 Å². The van der Waals surface area contributed by atoms with Crippen molar-refractivity contribution in [2.75, 3.05) is 52.9 Å². The predicted molar refractivity (Wildman–Crippen MR) is 86.5 cm³/mol. The Bertz CT molecular complexity index is 306. The van der Waals surface area contributed by atoms with Gasteiger partial charge in [0.1, 0.15) is 5.54 Å². The van der Waals surface area contributed by atoms with Gasteiger partial charge in [-0.2, -0.15) is 0 Å². The van der Waals surface area contributed by atoms with Gasteiger partial charge in [-0.1, -0.05) is 6.92 Å². The summed E-state index contributed by atoms with van der Waals surface area (Å²) in [6.45, 7) is 12.4. The van der Waals surface area contributed by atoms with Crippen molar-refractivity contribution in [3.63, 3.8) is 0 Å². The lowest BCUT2D eigenvalue weighted by Crippen LogP contribution is -2.57. The molecule has 0 saturated carbocycles. The summed E-state index contributed by atoms with van der Waals surface area (Å²) in [7, 11) is 2.08. The first-order valence-corrected chi connectivity index (χ1v) is 8.35. The van der Waals surface area contributed by atoms with Crippen LogP contribution in [0.1, 0.15) is 40.0 Å². The molecule has 1 rings (SSSR count). The van der Waals surface area contributed by atoms with E-state index in [0.717, 1.165) is 26.1 Å². The Morgan fingerprint density at radius 1 is 1.33 bits per heavy atom. The number of hydrogen-bond acceptors (Lipinski definition) is 5. The minimum atomic E-state index is -0.619. The molecule has 1 saturated heterocycles. The predicted octanol–water partition coefficient (Wildman–Crippen LogP) is 1.34. The van der Waals surface area contributed by atoms with Crippen molar-refractivity contribution in [2.45, 2.75) is 45.6 Å². The summed E-state index contributed by atoms with van der Waals surface area (Å²) in [6.07, 6.45) is 3.65. The Morgan fingerprint density at radius 3 is 2.57 bits per heavy atom. The number of ether oxygens (including phenoxy) is 1. The van der Waals surface area contributed by atoms with Gasteiger partial charge < -0.3 is 19.9 Å². The van der Waals surface area contributed by atoms with Gasteiger partial charge in [0.25, 0.3) is 0 Å². The molecular weight excluding hydrogens is 266 g/mol. The summed E-state index contributed by atoms with van der Waals surface area (Å²) >= 11 is 0. The zero-order valence-corrected chi connectivity index (χ0v) is 14.3. The molecule has 124 valence electrons. The minimum absolute atomic E-state index is 0.147. The number of likely N-dealkylation sites (tertiary alicyclic amines) is 1. The summed E-state index contributed by atoms with van der Waals surface area (Å²) in [5, 5.41) is 3.36. The lowest BCUT2D eigenvalue weighted by atomic mass is 10.0. The molecule has 1 aliphatic rings. The number of nitrogens with one attached hydrogen (secondary N) is 1. The summed E-state index contributed by atoms with van der Waals surface area (Å²) in [6, 6.07) is 0. The van der Waals surface area contributed by atoms with Crippen LogP contribution >= 0.6 is 0 Å². The van der Waals surface area contributed by atoms with Crippen LogP contribution in [0.5, 0.6) is 0 Å². The summed E-state index contributed by atoms with van der Waals surface area (Å²) in [4.78, 5) is 17.0. The van der Waals surface area contributed by atoms with Crippen LogP contribution in [0, 0.1) is 0 Å². The van der Waals surface area contributed by atoms with Gasteiger partial charge in [0.15, 0.2) is 0 Å². The number of carbonyl (C=O) groups excluding carboxylic acids is 1. The average molecular weight is 299 g/mol. The van der Waals surface area contributed by atoms with Crippen LogP contribution in [-0.4, -0.2) is 74.2 Å². The average Bonchev–Trinajstić information content (AvgIpc) is 2.96. The first kappa shape index (κ1) is 18.4. The molecule has 0 aliphatic carbocycles. The Morgan fingerprint density at radius 2 is 2.00 bits per heavy atom. The van der Waals surface area contributed by atoms with Crippen molar-refractivity contribution in [2.24, 2.45) is 0 Å². The van der Waals surface area contributed by atoms with E-state index < -0.39 is 5.54 Å². The Labute approximate surface area is 130 Å². The molecule has 0 amide bonds. The van der Waals surface area contributed by atoms with E-state index in [1.165, 1.54) is 25.9 Å². The molecule has 0 radical (unpaired) electrons. The number of esters is 1. The molecule has 1 unspecified atom stereocenters. The fraction of sp³-hybridized carbons (Fsp3) is 0.938. The largest absolute Gasteiger partial charge is 0.465 e. The smallest absolute Gasteiger partial charge is 0.327 e. The van der Waals surface area contributed by atoms with Gasteiger partial charge in [-0.3, -0.25) is 4.79 Å². The van der Waals surface area contributed by atoms with Crippen LogP contribution in [0.3, 0.4) is 0 Å². The Kier molecular flexibility index (Phi) is 8.22. The van der Waals surface area contributed by atoms with E-state index in [-0.39, 0.29) is 5.97 Å². The number of rotatable bonds is 10. The van der Waals surface area contributed by atoms with Crippen molar-refractivity contribution in [1.82, 2.24) is 15.1 Å². The first-order valence-electron chi connectivity index (χ1n) is 8.35. The lowest BCUT2D eigenvalue weighted by molar-refractivity contribution is -0.151. The maximum atomic E-state index is 12.2. The summed E-state index contributed by atoms with van der Waals surface area (Å²) < 4.78 is 5.24. The molecule has 0 aromatic rings. The third-order valence-corrected chi connectivity index (χ3v) is 4.07. The van der Waals surface area contributed by atoms with Gasteiger partial charge in [0, 0.05) is 19.6 Å². The molecule has 1 N–H and O–H groups in total. The van der Waals surface area contributed by atoms with E-state index in [9.17, 15) is 4.79 Å². The minimum Gasteiger partial charge on any atom is -0.465 e. The maximum absolute atomic E-state index is 12.2. The molecule has 5 heteroatoms. The number of carbonyl (C=O) groups is 1. The number of likely N-dealkylation sites (N-methyl/N-ethyl adjacent to an activating group) is 1. The van der Waals surface area contributed by atoms with Gasteiger partial charge in [-0.15, -0.1) is 0 Å². The monoisotopic (exact) mass is 299 g/mol. The van der Waals surface area contributed by atoms with Crippen molar-refractivity contribution >= 4 is 5.97 Å². The highest BCUT2D eigenvalue weighted by Crippen LogP contribution is 2.11. The second-order valence-corrected chi connectivity index (χ2v) is 6.27. The molecular formula is C16H33N3O2. The van der Waals surface area contributed by atoms with Crippen LogP contribution in [-0.2, 0) is 9.53 Å². The van der Waals surface area contributed by atoms with Crippen molar-refractivity contribution in [3.05, 3.63) is 0 Å². The molecule has 1 aliphatic heterocycles.